The predicted molar refractivity (Wildman–Crippen MR) is 257 cm³/mol. The Kier molecular flexibility index (Phi) is 37.1. The van der Waals surface area contributed by atoms with Gasteiger partial charge in [-0.25, -0.2) is 0 Å². The maximum Gasteiger partial charge on any atom is 0.317 e. The number of aldehydes is 1. The number of carboxylic acids is 3. The fraction of sp³-hybridized carbons (Fsp3) is 0.778. The Labute approximate surface area is 420 Å². The van der Waals surface area contributed by atoms with Crippen LogP contribution in [0, 0.1) is 0 Å². The quantitative estimate of drug-likeness (QED) is 0.0161. The first-order chi connectivity index (χ1) is 34.5. The van der Waals surface area contributed by atoms with Crippen molar-refractivity contribution in [1.29, 1.82) is 0 Å². The van der Waals surface area contributed by atoms with Crippen LogP contribution in [-0.4, -0.2) is 258 Å². The summed E-state index contributed by atoms with van der Waals surface area (Å²) in [5.74, 6) is -4.96. The molecule has 1 rings (SSSR count). The van der Waals surface area contributed by atoms with Crippen molar-refractivity contribution in [1.82, 2.24) is 46.2 Å². The second-order valence-electron chi connectivity index (χ2n) is 17.1. The van der Waals surface area contributed by atoms with E-state index in [1.807, 2.05) is 0 Å². The van der Waals surface area contributed by atoms with Crippen LogP contribution in [0.15, 0.2) is 0 Å². The molecule has 0 saturated carbocycles. The van der Waals surface area contributed by atoms with Crippen molar-refractivity contribution < 1.29 is 82.2 Å². The fourth-order valence-corrected chi connectivity index (χ4v) is 6.96. The van der Waals surface area contributed by atoms with E-state index < -0.39 is 54.3 Å². The lowest BCUT2D eigenvalue weighted by Gasteiger charge is -2.32. The van der Waals surface area contributed by atoms with Crippen molar-refractivity contribution in [2.45, 2.75) is 76.8 Å². The summed E-state index contributed by atoms with van der Waals surface area (Å²) in [5.41, 5.74) is 5.61. The van der Waals surface area contributed by atoms with Gasteiger partial charge in [-0.05, 0) is 51.9 Å². The van der Waals surface area contributed by atoms with Gasteiger partial charge in [0.2, 0.25) is 29.5 Å². The summed E-state index contributed by atoms with van der Waals surface area (Å²) in [6.45, 7) is 3.39. The van der Waals surface area contributed by atoms with Crippen molar-refractivity contribution in [3.63, 3.8) is 0 Å². The number of nitrogens with zero attached hydrogens (tertiary/aromatic N) is 4. The van der Waals surface area contributed by atoms with E-state index >= 15 is 0 Å². The van der Waals surface area contributed by atoms with Crippen LogP contribution >= 0.6 is 0 Å². The Morgan fingerprint density at radius 3 is 1.53 bits per heavy atom. The van der Waals surface area contributed by atoms with E-state index in [-0.39, 0.29) is 142 Å². The second-order valence-corrected chi connectivity index (χ2v) is 17.1. The zero-order valence-corrected chi connectivity index (χ0v) is 41.8. The number of rotatable bonds is 40. The normalized spacial score (nSPS) is 15.2. The molecular weight excluding hydrogens is 953 g/mol. The summed E-state index contributed by atoms with van der Waals surface area (Å²) < 4.78 is 21.4. The molecule has 1 heterocycles. The minimum Gasteiger partial charge on any atom is -0.480 e. The van der Waals surface area contributed by atoms with Gasteiger partial charge in [-0.2, -0.15) is 0 Å². The number of amides is 5. The minimum absolute atomic E-state index is 0.0203. The molecule has 1 aliphatic rings. The molecule has 0 bridgehead atoms. The molecule has 1 saturated heterocycles. The Balaban J connectivity index is 2.34. The number of aliphatic carboxylic acids is 3. The molecule has 412 valence electrons. The van der Waals surface area contributed by atoms with Crippen LogP contribution in [0.3, 0.4) is 0 Å². The number of nitrogens with two attached hydrogens (primary N) is 1. The zero-order chi connectivity index (χ0) is 53.4. The summed E-state index contributed by atoms with van der Waals surface area (Å²) in [7, 11) is 0. The number of carbonyl (C=O) groups excluding carboxylic acids is 7. The molecule has 0 aromatic heterocycles. The van der Waals surface area contributed by atoms with Gasteiger partial charge in [0.25, 0.3) is 0 Å². The van der Waals surface area contributed by atoms with Gasteiger partial charge in [-0.15, -0.1) is 0 Å². The van der Waals surface area contributed by atoms with Crippen molar-refractivity contribution in [2.75, 3.05) is 151 Å². The molecule has 1 fully saturated rings. The van der Waals surface area contributed by atoms with Gasteiger partial charge >= 0.3 is 17.9 Å². The number of Topliss-reactive ketones (excluding diaryl/α,β-unsaturated/α-hetero) is 1. The lowest BCUT2D eigenvalue weighted by Crippen LogP contribution is -2.50. The number of ether oxygens (including phenoxy) is 4. The van der Waals surface area contributed by atoms with Crippen LogP contribution in [0.1, 0.15) is 64.7 Å². The highest BCUT2D eigenvalue weighted by atomic mass is 16.7. The highest BCUT2D eigenvalue weighted by Gasteiger charge is 2.23. The van der Waals surface area contributed by atoms with Crippen LogP contribution in [0.25, 0.3) is 0 Å². The fourth-order valence-electron chi connectivity index (χ4n) is 6.96. The third-order valence-electron chi connectivity index (χ3n) is 10.8. The molecule has 0 spiro atoms. The highest BCUT2D eigenvalue weighted by molar-refractivity contribution is 5.88. The number of nitrogens with one attached hydrogen (secondary N) is 5. The number of carbonyl (C=O) groups is 10. The summed E-state index contributed by atoms with van der Waals surface area (Å²) >= 11 is 0. The molecule has 5 amide bonds. The van der Waals surface area contributed by atoms with Crippen LogP contribution < -0.4 is 32.3 Å². The summed E-state index contributed by atoms with van der Waals surface area (Å²) in [4.78, 5) is 126. The van der Waals surface area contributed by atoms with Crippen molar-refractivity contribution in [2.24, 2.45) is 5.73 Å². The number of unbranched alkanes of at least 4 members (excludes halogenated alkanes) is 2. The second kappa shape index (κ2) is 41.2. The Hall–Kier alpha value is -5.26. The maximum atomic E-state index is 12.9. The first kappa shape index (κ1) is 64.8. The van der Waals surface area contributed by atoms with Crippen molar-refractivity contribution in [3.8, 4) is 0 Å². The number of hydrogen-bond donors (Lipinski definition) is 9. The van der Waals surface area contributed by atoms with Crippen molar-refractivity contribution in [3.05, 3.63) is 0 Å². The van der Waals surface area contributed by atoms with Crippen LogP contribution in [0.5, 0.6) is 0 Å². The molecule has 2 atom stereocenters. The topological polar surface area (TPSA) is 367 Å². The third kappa shape index (κ3) is 37.5. The number of hydrogen-bond acceptors (Lipinski definition) is 19. The largest absolute Gasteiger partial charge is 0.480 e. The standard InChI is InChI=1S/C45H80N10O17/c1-35(57)7-6-10-38(58)47-11-5-3-9-37(45(68)50-12-4-2-8-36(46)31-56)51-41(61)33-72-34-71-24-14-49-40(60)32-70-26-25-69-23-13-48-39(59)27-52-15-17-53(28-42(62)63)19-21-55(30-44(66)67)22-20-54(18-16-52)29-43(64)65/h31,36-37H,2-30,32-34,46H2,1H3,(H,47,58)(H,48,59)(H,49,60)(H,50,68)(H,51,61)(H,62,63)(H,64,65)(H,66,67)/t36-,37-/m0/s1. The summed E-state index contributed by atoms with van der Waals surface area (Å²) in [6, 6.07) is -1.43. The van der Waals surface area contributed by atoms with Gasteiger partial charge in [-0.3, -0.25) is 58.0 Å². The average molecular weight is 1030 g/mol. The van der Waals surface area contributed by atoms with Gasteiger partial charge < -0.3 is 76.2 Å². The molecule has 72 heavy (non-hydrogen) atoms. The van der Waals surface area contributed by atoms with Gasteiger partial charge in [0, 0.05) is 91.4 Å². The van der Waals surface area contributed by atoms with Gasteiger partial charge in [0.1, 0.15) is 38.1 Å². The molecule has 10 N–H and O–H groups in total. The summed E-state index contributed by atoms with van der Waals surface area (Å²) in [5, 5.41) is 41.8. The molecule has 27 heteroatoms. The monoisotopic (exact) mass is 1030 g/mol. The average Bonchev–Trinajstić information content (AvgIpc) is 3.31. The lowest BCUT2D eigenvalue weighted by molar-refractivity contribution is -0.140. The molecule has 27 nitrogen and oxygen atoms in total. The smallest absolute Gasteiger partial charge is 0.317 e. The minimum atomic E-state index is -1.05. The third-order valence-corrected chi connectivity index (χ3v) is 10.8. The summed E-state index contributed by atoms with van der Waals surface area (Å²) in [6.07, 6.45) is 4.80. The Morgan fingerprint density at radius 1 is 0.514 bits per heavy atom. The molecular formula is C45H80N10O17. The number of ketones is 1. The highest BCUT2D eigenvalue weighted by Crippen LogP contribution is 2.05. The van der Waals surface area contributed by atoms with E-state index in [9.17, 15) is 63.3 Å². The first-order valence-corrected chi connectivity index (χ1v) is 24.4. The molecule has 0 aromatic rings. The first-order valence-electron chi connectivity index (χ1n) is 24.4. The molecule has 0 aliphatic carbocycles. The van der Waals surface area contributed by atoms with E-state index in [1.165, 1.54) is 6.92 Å². The molecule has 0 unspecified atom stereocenters. The van der Waals surface area contributed by atoms with Crippen molar-refractivity contribution >= 4 is 59.5 Å². The van der Waals surface area contributed by atoms with Crippen LogP contribution in [0.4, 0.5) is 0 Å². The lowest BCUT2D eigenvalue weighted by atomic mass is 10.1. The van der Waals surface area contributed by atoms with Gasteiger partial charge in [0.15, 0.2) is 0 Å². The Morgan fingerprint density at radius 2 is 0.986 bits per heavy atom. The number of carboxylic acid groups (broad SMARTS) is 3. The molecule has 1 aliphatic heterocycles. The maximum absolute atomic E-state index is 12.9. The van der Waals surface area contributed by atoms with E-state index in [1.54, 1.807) is 19.6 Å². The van der Waals surface area contributed by atoms with E-state index in [2.05, 4.69) is 26.6 Å². The van der Waals surface area contributed by atoms with E-state index in [4.69, 9.17) is 24.7 Å². The molecule has 0 aromatic carbocycles. The van der Waals surface area contributed by atoms with Crippen LogP contribution in [0.2, 0.25) is 0 Å². The van der Waals surface area contributed by atoms with Gasteiger partial charge in [-0.1, -0.05) is 0 Å². The predicted octanol–water partition coefficient (Wildman–Crippen LogP) is -3.94. The van der Waals surface area contributed by atoms with E-state index in [0.29, 0.717) is 83.8 Å². The SMILES string of the molecule is CC(=O)CCCC(=O)NCCCC[C@H](NC(=O)COCOCCNC(=O)COCCOCCNC(=O)CN1CCN(CC(=O)O)CCN(CC(=O)O)CCN(CC(=O)O)CC1)C(=O)NCCCC[C@H](N)C=O. The Bertz CT molecular complexity index is 1620. The van der Waals surface area contributed by atoms with Crippen LogP contribution in [-0.2, 0) is 66.9 Å². The zero-order valence-electron chi connectivity index (χ0n) is 41.8. The van der Waals surface area contributed by atoms with Gasteiger partial charge in [0.05, 0.1) is 58.6 Å². The molecule has 0 radical (unpaired) electrons. The van der Waals surface area contributed by atoms with E-state index in [0.717, 1.165) is 0 Å².